The third kappa shape index (κ3) is 3.71. The van der Waals surface area contributed by atoms with Crippen molar-refractivity contribution in [1.29, 1.82) is 0 Å². The SMILES string of the molecule is COc1cc([C@@H]2CC(=O)Nc3ncnn32)cc(I)c1OCc1cccc2ccccc12. The molecule has 7 nitrogen and oxygen atoms in total. The van der Waals surface area contributed by atoms with Crippen molar-refractivity contribution in [2.75, 3.05) is 12.4 Å². The molecule has 1 aliphatic heterocycles. The number of benzene rings is 3. The molecular weight excluding hydrogens is 507 g/mol. The number of ether oxygens (including phenoxy) is 2. The van der Waals surface area contributed by atoms with Gasteiger partial charge in [-0.3, -0.25) is 10.1 Å². The summed E-state index contributed by atoms with van der Waals surface area (Å²) in [6.07, 6.45) is 1.73. The number of hydrogen-bond acceptors (Lipinski definition) is 5. The Morgan fingerprint density at radius 2 is 2.03 bits per heavy atom. The summed E-state index contributed by atoms with van der Waals surface area (Å²) in [5.41, 5.74) is 2.02. The molecule has 1 N–H and O–H groups in total. The minimum absolute atomic E-state index is 0.0873. The number of nitrogens with zero attached hydrogens (tertiary/aromatic N) is 3. The van der Waals surface area contributed by atoms with Crippen LogP contribution in [0.4, 0.5) is 5.95 Å². The molecule has 0 bridgehead atoms. The van der Waals surface area contributed by atoms with Crippen LogP contribution in [0.3, 0.4) is 0 Å². The van der Waals surface area contributed by atoms with E-state index >= 15 is 0 Å². The van der Waals surface area contributed by atoms with Gasteiger partial charge in [-0.2, -0.15) is 10.1 Å². The molecule has 1 aromatic heterocycles. The predicted molar refractivity (Wildman–Crippen MR) is 125 cm³/mol. The van der Waals surface area contributed by atoms with E-state index in [0.29, 0.717) is 24.1 Å². The van der Waals surface area contributed by atoms with Gasteiger partial charge >= 0.3 is 0 Å². The van der Waals surface area contributed by atoms with Crippen molar-refractivity contribution >= 4 is 45.2 Å². The molecule has 3 aromatic carbocycles. The average molecular weight is 526 g/mol. The molecule has 0 fully saturated rings. The highest BCUT2D eigenvalue weighted by atomic mass is 127. The normalized spacial score (nSPS) is 15.4. The molecule has 2 heterocycles. The van der Waals surface area contributed by atoms with Gasteiger partial charge in [0, 0.05) is 0 Å². The smallest absolute Gasteiger partial charge is 0.229 e. The molecule has 1 atom stereocenters. The van der Waals surface area contributed by atoms with Crippen molar-refractivity contribution in [3.05, 3.63) is 75.6 Å². The number of fused-ring (bicyclic) bond motifs is 2. The van der Waals surface area contributed by atoms with Gasteiger partial charge in [-0.15, -0.1) is 0 Å². The number of methoxy groups -OCH3 is 1. The molecular formula is C23H19IN4O3. The number of amides is 1. The summed E-state index contributed by atoms with van der Waals surface area (Å²) in [5.74, 6) is 1.66. The Balaban J connectivity index is 1.47. The molecule has 1 aliphatic rings. The third-order valence-corrected chi connectivity index (χ3v) is 6.19. The lowest BCUT2D eigenvalue weighted by molar-refractivity contribution is -0.117. The predicted octanol–water partition coefficient (Wildman–Crippen LogP) is 4.56. The second-order valence-corrected chi connectivity index (χ2v) is 8.42. The number of rotatable bonds is 5. The molecule has 0 spiro atoms. The molecule has 8 heteroatoms. The van der Waals surface area contributed by atoms with E-state index in [1.807, 2.05) is 30.3 Å². The minimum atomic E-state index is -0.249. The molecule has 31 heavy (non-hydrogen) atoms. The number of carbonyl (C=O) groups excluding carboxylic acids is 1. The molecule has 4 aromatic rings. The van der Waals surface area contributed by atoms with Crippen LogP contribution in [0, 0.1) is 3.57 Å². The monoisotopic (exact) mass is 526 g/mol. The van der Waals surface area contributed by atoms with Gasteiger partial charge in [0.25, 0.3) is 0 Å². The summed E-state index contributed by atoms with van der Waals surface area (Å²) in [4.78, 5) is 16.2. The Bertz CT molecular complexity index is 1280. The number of carbonyl (C=O) groups is 1. The van der Waals surface area contributed by atoms with E-state index in [-0.39, 0.29) is 18.4 Å². The van der Waals surface area contributed by atoms with Crippen LogP contribution in [0.1, 0.15) is 23.6 Å². The van der Waals surface area contributed by atoms with Gasteiger partial charge in [-0.25, -0.2) is 4.68 Å². The number of halogens is 1. The molecule has 0 unspecified atom stereocenters. The van der Waals surface area contributed by atoms with Crippen LogP contribution < -0.4 is 14.8 Å². The van der Waals surface area contributed by atoms with Gasteiger partial charge in [0.1, 0.15) is 12.9 Å². The Morgan fingerprint density at radius 3 is 2.90 bits per heavy atom. The van der Waals surface area contributed by atoms with Crippen molar-refractivity contribution in [3.63, 3.8) is 0 Å². The maximum atomic E-state index is 12.1. The van der Waals surface area contributed by atoms with E-state index in [1.165, 1.54) is 17.1 Å². The molecule has 0 saturated carbocycles. The van der Waals surface area contributed by atoms with E-state index in [2.05, 4.69) is 62.3 Å². The maximum Gasteiger partial charge on any atom is 0.229 e. The highest BCUT2D eigenvalue weighted by Gasteiger charge is 2.29. The fourth-order valence-electron chi connectivity index (χ4n) is 3.90. The van der Waals surface area contributed by atoms with Crippen molar-refractivity contribution in [2.24, 2.45) is 0 Å². The van der Waals surface area contributed by atoms with Crippen LogP contribution >= 0.6 is 22.6 Å². The van der Waals surface area contributed by atoms with E-state index in [9.17, 15) is 4.79 Å². The zero-order valence-corrected chi connectivity index (χ0v) is 18.9. The Kier molecular flexibility index (Phi) is 5.23. The zero-order chi connectivity index (χ0) is 21.4. The highest BCUT2D eigenvalue weighted by Crippen LogP contribution is 2.39. The largest absolute Gasteiger partial charge is 0.493 e. The van der Waals surface area contributed by atoms with Gasteiger partial charge < -0.3 is 9.47 Å². The Labute approximate surface area is 192 Å². The summed E-state index contributed by atoms with van der Waals surface area (Å²) >= 11 is 2.24. The molecule has 0 radical (unpaired) electrons. The summed E-state index contributed by atoms with van der Waals surface area (Å²) in [5, 5.41) is 9.37. The molecule has 0 saturated heterocycles. The first-order chi connectivity index (χ1) is 15.1. The molecule has 156 valence electrons. The van der Waals surface area contributed by atoms with Gasteiger partial charge in [0.05, 0.1) is 23.1 Å². The summed E-state index contributed by atoms with van der Waals surface area (Å²) in [7, 11) is 1.62. The van der Waals surface area contributed by atoms with Gasteiger partial charge in [-0.05, 0) is 56.6 Å². The van der Waals surface area contributed by atoms with Crippen molar-refractivity contribution in [2.45, 2.75) is 19.1 Å². The van der Waals surface area contributed by atoms with Gasteiger partial charge in [-0.1, -0.05) is 42.5 Å². The number of anilines is 1. The summed E-state index contributed by atoms with van der Waals surface area (Å²) < 4.78 is 14.5. The van der Waals surface area contributed by atoms with E-state index in [0.717, 1.165) is 14.7 Å². The van der Waals surface area contributed by atoms with Crippen LogP contribution in [0.5, 0.6) is 11.5 Å². The van der Waals surface area contributed by atoms with Crippen LogP contribution in [0.2, 0.25) is 0 Å². The first-order valence-corrected chi connectivity index (χ1v) is 10.9. The first-order valence-electron chi connectivity index (χ1n) is 9.80. The van der Waals surface area contributed by atoms with Gasteiger partial charge in [0.2, 0.25) is 11.9 Å². The first kappa shape index (κ1) is 19.8. The van der Waals surface area contributed by atoms with Gasteiger partial charge in [0.15, 0.2) is 11.5 Å². The lowest BCUT2D eigenvalue weighted by Crippen LogP contribution is -2.29. The van der Waals surface area contributed by atoms with Crippen molar-refractivity contribution in [1.82, 2.24) is 14.8 Å². The molecule has 1 amide bonds. The number of nitrogens with one attached hydrogen (secondary N) is 1. The second kappa shape index (κ2) is 8.18. The Hall–Kier alpha value is -3.14. The van der Waals surface area contributed by atoms with Crippen LogP contribution in [-0.4, -0.2) is 27.8 Å². The van der Waals surface area contributed by atoms with Crippen molar-refractivity contribution in [3.8, 4) is 11.5 Å². The van der Waals surface area contributed by atoms with Crippen LogP contribution in [0.25, 0.3) is 10.8 Å². The average Bonchev–Trinajstić information content (AvgIpc) is 3.25. The highest BCUT2D eigenvalue weighted by molar-refractivity contribution is 14.1. The van der Waals surface area contributed by atoms with Crippen LogP contribution in [-0.2, 0) is 11.4 Å². The maximum absolute atomic E-state index is 12.1. The quantitative estimate of drug-likeness (QED) is 0.386. The van der Waals surface area contributed by atoms with Crippen LogP contribution in [0.15, 0.2) is 60.9 Å². The standard InChI is InChI=1S/C23H19IN4O3/c1-30-20-10-16(19-11-21(29)27-23-25-13-26-28(19)23)9-18(24)22(20)31-12-15-7-4-6-14-5-2-3-8-17(14)15/h2-10,13,19H,11-12H2,1H3,(H,25,26,27,29)/t19-/m0/s1. The number of hydrogen-bond donors (Lipinski definition) is 1. The molecule has 5 rings (SSSR count). The third-order valence-electron chi connectivity index (χ3n) is 5.39. The van der Waals surface area contributed by atoms with E-state index in [1.54, 1.807) is 11.8 Å². The minimum Gasteiger partial charge on any atom is -0.493 e. The topological polar surface area (TPSA) is 78.3 Å². The Morgan fingerprint density at radius 1 is 1.19 bits per heavy atom. The zero-order valence-electron chi connectivity index (χ0n) is 16.7. The second-order valence-electron chi connectivity index (χ2n) is 7.26. The van der Waals surface area contributed by atoms with E-state index < -0.39 is 0 Å². The lowest BCUT2D eigenvalue weighted by atomic mass is 10.0. The summed E-state index contributed by atoms with van der Waals surface area (Å²) in [6, 6.07) is 18.1. The summed E-state index contributed by atoms with van der Waals surface area (Å²) in [6.45, 7) is 0.423. The number of aromatic nitrogens is 3. The molecule has 0 aliphatic carbocycles. The fourth-order valence-corrected chi connectivity index (χ4v) is 4.69. The van der Waals surface area contributed by atoms with E-state index in [4.69, 9.17) is 9.47 Å². The van der Waals surface area contributed by atoms with Crippen molar-refractivity contribution < 1.29 is 14.3 Å². The lowest BCUT2D eigenvalue weighted by Gasteiger charge is -2.25. The fraction of sp³-hybridized carbons (Fsp3) is 0.174.